The van der Waals surface area contributed by atoms with E-state index in [-0.39, 0.29) is 55.5 Å². The number of carbonyl (C=O) groups is 4. The number of likely N-dealkylation sites (N-methyl/N-ethyl adjacent to an activating group) is 1. The largest absolute Gasteiger partial charge is 0.444 e. The standard InChI is InChI=1S/C33H49F3N6O6/c1-8-47-40-31(45)38-26(30(44)42-16-15-41(7)19(2)18-42)20(3)23-13-14-25(24(34)17-23)37-29(43)27(39-32(46)48-33(4,5)6)21-9-11-22(12-10-21)28(35)36/h13-14,17,19-21,26-27H,8-12,15-16,18H2,1-7H3,(H,37,43)(H,39,46)(H2,38,40,45)/t19-,20+,26-,27+/m1/s1. The molecule has 2 aliphatic rings. The molecule has 0 spiro atoms. The quantitative estimate of drug-likeness (QED) is 0.258. The predicted molar refractivity (Wildman–Crippen MR) is 174 cm³/mol. The molecule has 1 aliphatic heterocycles. The van der Waals surface area contributed by atoms with Crippen LogP contribution in [0.25, 0.3) is 0 Å². The lowest BCUT2D eigenvalue weighted by Gasteiger charge is -2.40. The Labute approximate surface area is 280 Å². The molecule has 1 aromatic rings. The van der Waals surface area contributed by atoms with Crippen LogP contribution < -0.4 is 21.4 Å². The number of hydrogen-bond acceptors (Lipinski definition) is 7. The van der Waals surface area contributed by atoms with Gasteiger partial charge in [0, 0.05) is 31.6 Å². The Hall–Kier alpha value is -3.85. The fourth-order valence-corrected chi connectivity index (χ4v) is 5.82. The summed E-state index contributed by atoms with van der Waals surface area (Å²) in [4.78, 5) is 61.2. The van der Waals surface area contributed by atoms with Gasteiger partial charge in [0.2, 0.25) is 11.8 Å². The van der Waals surface area contributed by atoms with Crippen LogP contribution in [0.2, 0.25) is 0 Å². The number of nitrogens with zero attached hydrogens (tertiary/aromatic N) is 2. The molecule has 15 heteroatoms. The van der Waals surface area contributed by atoms with Crippen molar-refractivity contribution < 1.29 is 41.9 Å². The minimum Gasteiger partial charge on any atom is -0.444 e. The number of ether oxygens (including phenoxy) is 1. The maximum atomic E-state index is 15.6. The molecule has 1 aliphatic carbocycles. The van der Waals surface area contributed by atoms with Crippen molar-refractivity contribution in [3.05, 3.63) is 41.2 Å². The van der Waals surface area contributed by atoms with E-state index in [9.17, 15) is 28.0 Å². The predicted octanol–water partition coefficient (Wildman–Crippen LogP) is 4.88. The second-order valence-corrected chi connectivity index (χ2v) is 13.4. The third-order valence-corrected chi connectivity index (χ3v) is 8.74. The first-order valence-electron chi connectivity index (χ1n) is 16.3. The number of allylic oxidation sites excluding steroid dienone is 1. The first kappa shape index (κ1) is 38.6. The van der Waals surface area contributed by atoms with Gasteiger partial charge < -0.3 is 30.5 Å². The summed E-state index contributed by atoms with van der Waals surface area (Å²) >= 11 is 0. The van der Waals surface area contributed by atoms with Gasteiger partial charge in [-0.05, 0) is 96.5 Å². The van der Waals surface area contributed by atoms with Crippen LogP contribution in [0.4, 0.5) is 28.4 Å². The number of anilines is 1. The summed E-state index contributed by atoms with van der Waals surface area (Å²) < 4.78 is 47.3. The highest BCUT2D eigenvalue weighted by Gasteiger charge is 2.36. The number of hydrogen-bond donors (Lipinski definition) is 4. The molecular formula is C33H49F3N6O6. The van der Waals surface area contributed by atoms with Crippen LogP contribution >= 0.6 is 0 Å². The summed E-state index contributed by atoms with van der Waals surface area (Å²) in [6.07, 6.45) is -2.04. The molecule has 1 saturated heterocycles. The Bertz CT molecular complexity index is 1340. The fourth-order valence-electron chi connectivity index (χ4n) is 5.82. The van der Waals surface area contributed by atoms with E-state index in [1.165, 1.54) is 18.2 Å². The first-order chi connectivity index (χ1) is 22.5. The van der Waals surface area contributed by atoms with Crippen molar-refractivity contribution >= 4 is 29.6 Å². The maximum Gasteiger partial charge on any atom is 0.408 e. The number of hydroxylamine groups is 1. The van der Waals surface area contributed by atoms with Gasteiger partial charge in [-0.25, -0.2) is 19.5 Å². The second kappa shape index (κ2) is 17.0. The Balaban J connectivity index is 1.82. The average molecular weight is 683 g/mol. The normalized spacial score (nSPS) is 20.6. The van der Waals surface area contributed by atoms with Crippen LogP contribution in [0, 0.1) is 11.7 Å². The molecular weight excluding hydrogens is 633 g/mol. The molecule has 4 atom stereocenters. The molecule has 268 valence electrons. The van der Waals surface area contributed by atoms with Crippen molar-refractivity contribution in [2.45, 2.75) is 96.9 Å². The Morgan fingerprint density at radius 1 is 1.06 bits per heavy atom. The molecule has 1 heterocycles. The molecule has 1 aromatic carbocycles. The minimum absolute atomic E-state index is 0.0159. The Morgan fingerprint density at radius 3 is 2.29 bits per heavy atom. The molecule has 1 saturated carbocycles. The summed E-state index contributed by atoms with van der Waals surface area (Å²) in [5.41, 5.74) is 1.58. The number of rotatable bonds is 10. The van der Waals surface area contributed by atoms with Gasteiger partial charge in [0.15, 0.2) is 0 Å². The van der Waals surface area contributed by atoms with Gasteiger partial charge in [-0.2, -0.15) is 8.78 Å². The number of nitrogens with one attached hydrogen (secondary N) is 4. The van der Waals surface area contributed by atoms with Crippen LogP contribution in [-0.2, 0) is 19.2 Å². The van der Waals surface area contributed by atoms with Gasteiger partial charge in [0.05, 0.1) is 12.3 Å². The number of benzene rings is 1. The monoisotopic (exact) mass is 682 g/mol. The topological polar surface area (TPSA) is 141 Å². The van der Waals surface area contributed by atoms with Crippen molar-refractivity contribution in [3.63, 3.8) is 0 Å². The third-order valence-electron chi connectivity index (χ3n) is 8.74. The van der Waals surface area contributed by atoms with E-state index in [1.54, 1.807) is 39.5 Å². The van der Waals surface area contributed by atoms with Gasteiger partial charge in [-0.3, -0.25) is 14.4 Å². The summed E-state index contributed by atoms with van der Waals surface area (Å²) in [6.45, 7) is 12.1. The lowest BCUT2D eigenvalue weighted by molar-refractivity contribution is -0.136. The highest BCUT2D eigenvalue weighted by Crippen LogP contribution is 2.34. The molecule has 0 unspecified atom stereocenters. The second-order valence-electron chi connectivity index (χ2n) is 13.4. The zero-order chi connectivity index (χ0) is 35.8. The molecule has 2 fully saturated rings. The van der Waals surface area contributed by atoms with Crippen molar-refractivity contribution in [2.24, 2.45) is 5.92 Å². The Kier molecular flexibility index (Phi) is 13.7. The summed E-state index contributed by atoms with van der Waals surface area (Å²) in [5, 5.41) is 7.74. The van der Waals surface area contributed by atoms with E-state index >= 15 is 4.39 Å². The maximum absolute atomic E-state index is 15.6. The van der Waals surface area contributed by atoms with E-state index in [0.29, 0.717) is 25.2 Å². The summed E-state index contributed by atoms with van der Waals surface area (Å²) in [7, 11) is 1.97. The van der Waals surface area contributed by atoms with Crippen molar-refractivity contribution in [1.82, 2.24) is 25.9 Å². The van der Waals surface area contributed by atoms with Crippen LogP contribution in [0.15, 0.2) is 29.9 Å². The molecule has 0 aromatic heterocycles. The number of carbonyl (C=O) groups excluding carboxylic acids is 4. The van der Waals surface area contributed by atoms with Crippen LogP contribution in [0.5, 0.6) is 0 Å². The number of alkyl carbamates (subject to hydrolysis) is 1. The lowest BCUT2D eigenvalue weighted by atomic mass is 9.81. The van der Waals surface area contributed by atoms with Crippen LogP contribution in [-0.4, -0.2) is 90.8 Å². The SMILES string of the molecule is CCONC(=O)N[C@@H](C(=O)N1CCN(C)[C@H](C)C1)[C@@H](C)c1ccc(NC(=O)[C@@H](NC(=O)OC(C)(C)C)C2CCC(=C(F)F)CC2)c(F)c1. The van der Waals surface area contributed by atoms with E-state index in [4.69, 9.17) is 9.57 Å². The minimum atomic E-state index is -1.74. The number of urea groups is 1. The zero-order valence-corrected chi connectivity index (χ0v) is 28.8. The van der Waals surface area contributed by atoms with Gasteiger partial charge in [-0.1, -0.05) is 13.0 Å². The average Bonchev–Trinajstić information content (AvgIpc) is 3.02. The molecule has 48 heavy (non-hydrogen) atoms. The lowest BCUT2D eigenvalue weighted by Crippen LogP contribution is -2.59. The summed E-state index contributed by atoms with van der Waals surface area (Å²) in [5.74, 6) is -3.07. The van der Waals surface area contributed by atoms with E-state index < -0.39 is 59.4 Å². The Morgan fingerprint density at radius 2 is 1.73 bits per heavy atom. The van der Waals surface area contributed by atoms with E-state index in [1.807, 2.05) is 14.0 Å². The summed E-state index contributed by atoms with van der Waals surface area (Å²) in [6, 6.07) is 1.18. The first-order valence-corrected chi connectivity index (χ1v) is 16.3. The van der Waals surface area contributed by atoms with Gasteiger partial charge in [-0.15, -0.1) is 0 Å². The zero-order valence-electron chi connectivity index (χ0n) is 28.8. The van der Waals surface area contributed by atoms with Gasteiger partial charge in [0.1, 0.15) is 23.5 Å². The van der Waals surface area contributed by atoms with Crippen molar-refractivity contribution in [3.8, 4) is 0 Å². The number of amides is 5. The highest BCUT2D eigenvalue weighted by molar-refractivity contribution is 5.97. The molecule has 0 bridgehead atoms. The van der Waals surface area contributed by atoms with Crippen molar-refractivity contribution in [1.29, 1.82) is 0 Å². The van der Waals surface area contributed by atoms with Gasteiger partial charge in [0.25, 0.3) is 6.08 Å². The number of halogens is 3. The third kappa shape index (κ3) is 10.8. The van der Waals surface area contributed by atoms with Gasteiger partial charge >= 0.3 is 12.1 Å². The van der Waals surface area contributed by atoms with Crippen LogP contribution in [0.3, 0.4) is 0 Å². The van der Waals surface area contributed by atoms with E-state index in [0.717, 1.165) is 0 Å². The fraction of sp³-hybridized carbons (Fsp3) is 0.636. The van der Waals surface area contributed by atoms with E-state index in [2.05, 4.69) is 26.3 Å². The molecule has 0 radical (unpaired) electrons. The smallest absolute Gasteiger partial charge is 0.408 e. The molecule has 4 N–H and O–H groups in total. The number of piperazine rings is 1. The molecule has 5 amide bonds. The molecule has 12 nitrogen and oxygen atoms in total. The molecule has 3 rings (SSSR count). The van der Waals surface area contributed by atoms with Crippen molar-refractivity contribution in [2.75, 3.05) is 38.6 Å². The van der Waals surface area contributed by atoms with Crippen LogP contribution in [0.1, 0.15) is 78.7 Å². The highest BCUT2D eigenvalue weighted by atomic mass is 19.3.